The van der Waals surface area contributed by atoms with Crippen molar-refractivity contribution in [3.63, 3.8) is 0 Å². The number of anilines is 2. The summed E-state index contributed by atoms with van der Waals surface area (Å²) in [6.45, 7) is 2.75. The average Bonchev–Trinajstić information content (AvgIpc) is 2.56. The van der Waals surface area contributed by atoms with E-state index in [0.717, 1.165) is 5.56 Å². The van der Waals surface area contributed by atoms with Gasteiger partial charge in [-0.3, -0.25) is 14.9 Å². The molecule has 25 heavy (non-hydrogen) atoms. The van der Waals surface area contributed by atoms with Crippen molar-refractivity contribution in [3.05, 3.63) is 35.5 Å². The van der Waals surface area contributed by atoms with Crippen LogP contribution in [0, 0.1) is 0 Å². The quantitative estimate of drug-likeness (QED) is 0.831. The third-order valence-corrected chi connectivity index (χ3v) is 3.29. The zero-order valence-corrected chi connectivity index (χ0v) is 14.5. The van der Waals surface area contributed by atoms with Crippen molar-refractivity contribution in [1.29, 1.82) is 0 Å². The van der Waals surface area contributed by atoms with Crippen LogP contribution in [0.1, 0.15) is 25.0 Å². The topological polar surface area (TPSA) is 102 Å². The summed E-state index contributed by atoms with van der Waals surface area (Å²) in [4.78, 5) is 30.9. The summed E-state index contributed by atoms with van der Waals surface area (Å²) in [6, 6.07) is 5.54. The lowest BCUT2D eigenvalue weighted by Crippen LogP contribution is -2.15. The Morgan fingerprint density at radius 1 is 1.04 bits per heavy atom. The average molecular weight is 344 g/mol. The van der Waals surface area contributed by atoms with E-state index in [4.69, 9.17) is 9.47 Å². The molecule has 0 bridgehead atoms. The van der Waals surface area contributed by atoms with Crippen molar-refractivity contribution in [2.75, 3.05) is 24.9 Å². The lowest BCUT2D eigenvalue weighted by atomic mass is 10.1. The fourth-order valence-corrected chi connectivity index (χ4v) is 2.24. The van der Waals surface area contributed by atoms with Gasteiger partial charge in [0.25, 0.3) is 0 Å². The fourth-order valence-electron chi connectivity index (χ4n) is 2.24. The van der Waals surface area contributed by atoms with Crippen molar-refractivity contribution < 1.29 is 19.1 Å². The van der Waals surface area contributed by atoms with Gasteiger partial charge in [-0.05, 0) is 17.7 Å². The highest BCUT2D eigenvalue weighted by Crippen LogP contribution is 2.29. The van der Waals surface area contributed by atoms with Gasteiger partial charge in [0.2, 0.25) is 17.8 Å². The highest BCUT2D eigenvalue weighted by molar-refractivity contribution is 5.90. The Morgan fingerprint density at radius 3 is 2.32 bits per heavy atom. The molecule has 0 unspecified atom stereocenters. The molecule has 2 aromatic rings. The summed E-state index contributed by atoms with van der Waals surface area (Å²) in [6.07, 6.45) is 2.04. The second-order valence-electron chi connectivity index (χ2n) is 5.30. The van der Waals surface area contributed by atoms with Gasteiger partial charge in [0.05, 0.1) is 14.2 Å². The molecular weight excluding hydrogens is 324 g/mol. The van der Waals surface area contributed by atoms with Gasteiger partial charge < -0.3 is 14.8 Å². The number of amides is 2. The second-order valence-corrected chi connectivity index (χ2v) is 5.30. The number of ether oxygens (including phenoxy) is 2. The van der Waals surface area contributed by atoms with Crippen LogP contribution in [0.5, 0.6) is 11.5 Å². The van der Waals surface area contributed by atoms with Crippen molar-refractivity contribution in [2.45, 2.75) is 20.3 Å². The standard InChI is InChI=1S/C17H20N4O4/c1-10(22)19-16-13(9-18-17(21-16)20-11(2)23)7-12-5-6-14(24-3)15(8-12)25-4/h5-6,8-9H,7H2,1-4H3,(H2,18,19,20,21,22,23). The lowest BCUT2D eigenvalue weighted by Gasteiger charge is -2.12. The van der Waals surface area contributed by atoms with E-state index in [9.17, 15) is 9.59 Å². The van der Waals surface area contributed by atoms with Crippen LogP contribution in [0.25, 0.3) is 0 Å². The number of carbonyl (C=O) groups excluding carboxylic acids is 2. The van der Waals surface area contributed by atoms with Crippen LogP contribution in [0.15, 0.2) is 24.4 Å². The van der Waals surface area contributed by atoms with Crippen molar-refractivity contribution in [2.24, 2.45) is 0 Å². The van der Waals surface area contributed by atoms with E-state index in [1.807, 2.05) is 12.1 Å². The number of hydrogen-bond acceptors (Lipinski definition) is 6. The number of carbonyl (C=O) groups is 2. The fraction of sp³-hybridized carbons (Fsp3) is 0.294. The minimum Gasteiger partial charge on any atom is -0.493 e. The zero-order chi connectivity index (χ0) is 18.4. The molecule has 1 heterocycles. The van der Waals surface area contributed by atoms with Gasteiger partial charge in [0.1, 0.15) is 5.82 Å². The van der Waals surface area contributed by atoms with Crippen LogP contribution in [0.2, 0.25) is 0 Å². The number of nitrogens with one attached hydrogen (secondary N) is 2. The van der Waals surface area contributed by atoms with Crippen molar-refractivity contribution in [3.8, 4) is 11.5 Å². The predicted molar refractivity (Wildman–Crippen MR) is 93.0 cm³/mol. The van der Waals surface area contributed by atoms with Gasteiger partial charge in [-0.25, -0.2) is 4.98 Å². The Morgan fingerprint density at radius 2 is 1.72 bits per heavy atom. The van der Waals surface area contributed by atoms with Crippen LogP contribution in [0.4, 0.5) is 11.8 Å². The monoisotopic (exact) mass is 344 g/mol. The molecule has 0 atom stereocenters. The lowest BCUT2D eigenvalue weighted by molar-refractivity contribution is -0.115. The summed E-state index contributed by atoms with van der Waals surface area (Å²) in [7, 11) is 3.14. The van der Waals surface area contributed by atoms with Crippen LogP contribution < -0.4 is 20.1 Å². The second kappa shape index (κ2) is 8.09. The SMILES string of the molecule is COc1ccc(Cc2cnc(NC(C)=O)nc2NC(C)=O)cc1OC. The minimum atomic E-state index is -0.290. The summed E-state index contributed by atoms with van der Waals surface area (Å²) < 4.78 is 10.5. The maximum Gasteiger partial charge on any atom is 0.231 e. The first-order valence-corrected chi connectivity index (χ1v) is 7.55. The molecule has 0 saturated carbocycles. The molecule has 2 rings (SSSR count). The molecule has 8 heteroatoms. The van der Waals surface area contributed by atoms with Gasteiger partial charge in [0, 0.05) is 32.0 Å². The van der Waals surface area contributed by atoms with Gasteiger partial charge in [-0.15, -0.1) is 0 Å². The Bertz CT molecular complexity index is 792. The number of benzene rings is 1. The number of rotatable bonds is 6. The van der Waals surface area contributed by atoms with Crippen LogP contribution >= 0.6 is 0 Å². The van der Waals surface area contributed by atoms with Gasteiger partial charge in [-0.2, -0.15) is 4.98 Å². The highest BCUT2D eigenvalue weighted by atomic mass is 16.5. The summed E-state index contributed by atoms with van der Waals surface area (Å²) in [5.74, 6) is 1.17. The normalized spacial score (nSPS) is 10.1. The number of hydrogen-bond donors (Lipinski definition) is 2. The first kappa shape index (κ1) is 18.2. The summed E-state index contributed by atoms with van der Waals surface area (Å²) >= 11 is 0. The smallest absolute Gasteiger partial charge is 0.231 e. The Hall–Kier alpha value is -3.16. The maximum atomic E-state index is 11.4. The molecule has 2 N–H and O–H groups in total. The van der Waals surface area contributed by atoms with E-state index in [-0.39, 0.29) is 17.8 Å². The molecule has 0 radical (unpaired) electrons. The third kappa shape index (κ3) is 4.90. The largest absolute Gasteiger partial charge is 0.493 e. The Balaban J connectivity index is 2.34. The van der Waals surface area contributed by atoms with Crippen LogP contribution in [-0.4, -0.2) is 36.0 Å². The molecule has 0 fully saturated rings. The Kier molecular flexibility index (Phi) is 5.89. The predicted octanol–water partition coefficient (Wildman–Crippen LogP) is 2.00. The number of nitrogens with zero attached hydrogens (tertiary/aromatic N) is 2. The first-order valence-electron chi connectivity index (χ1n) is 7.55. The molecule has 0 aliphatic carbocycles. The van der Waals surface area contributed by atoms with Gasteiger partial charge >= 0.3 is 0 Å². The maximum absolute atomic E-state index is 11.4. The molecule has 8 nitrogen and oxygen atoms in total. The van der Waals surface area contributed by atoms with Crippen LogP contribution in [-0.2, 0) is 16.0 Å². The van der Waals surface area contributed by atoms with Crippen LogP contribution in [0.3, 0.4) is 0 Å². The van der Waals surface area contributed by atoms with Crippen molar-refractivity contribution in [1.82, 2.24) is 9.97 Å². The summed E-state index contributed by atoms with van der Waals surface area (Å²) in [5.41, 5.74) is 1.64. The van der Waals surface area contributed by atoms with Gasteiger partial charge in [0.15, 0.2) is 11.5 Å². The molecule has 1 aromatic carbocycles. The van der Waals surface area contributed by atoms with E-state index in [2.05, 4.69) is 20.6 Å². The van der Waals surface area contributed by atoms with E-state index >= 15 is 0 Å². The highest BCUT2D eigenvalue weighted by Gasteiger charge is 2.12. The van der Waals surface area contributed by atoms with Crippen molar-refractivity contribution >= 4 is 23.6 Å². The summed E-state index contributed by atoms with van der Waals surface area (Å²) in [5, 5.41) is 5.15. The number of aromatic nitrogens is 2. The Labute approximate surface area is 145 Å². The number of methoxy groups -OCH3 is 2. The molecule has 0 spiro atoms. The minimum absolute atomic E-state index is 0.132. The van der Waals surface area contributed by atoms with E-state index in [1.54, 1.807) is 26.5 Å². The van der Waals surface area contributed by atoms with E-state index in [1.165, 1.54) is 13.8 Å². The molecule has 0 saturated heterocycles. The zero-order valence-electron chi connectivity index (χ0n) is 14.5. The molecule has 1 aromatic heterocycles. The molecule has 0 aliphatic heterocycles. The van der Waals surface area contributed by atoms with E-state index < -0.39 is 0 Å². The third-order valence-electron chi connectivity index (χ3n) is 3.29. The molecular formula is C17H20N4O4. The van der Waals surface area contributed by atoms with E-state index in [0.29, 0.717) is 29.3 Å². The molecule has 0 aliphatic rings. The van der Waals surface area contributed by atoms with Gasteiger partial charge in [-0.1, -0.05) is 6.07 Å². The molecule has 2 amide bonds. The first-order chi connectivity index (χ1) is 11.9. The molecule has 132 valence electrons.